The van der Waals surface area contributed by atoms with Crippen molar-refractivity contribution in [3.63, 3.8) is 0 Å². The molecule has 0 aromatic heterocycles. The summed E-state index contributed by atoms with van der Waals surface area (Å²) in [4.78, 5) is 0. The van der Waals surface area contributed by atoms with Gasteiger partial charge in [0, 0.05) is 18.7 Å². The SMILES string of the molecule is CC.CC1C=NN(c2ccccc2)C1. The molecule has 0 fully saturated rings. The van der Waals surface area contributed by atoms with E-state index in [0.29, 0.717) is 5.92 Å². The van der Waals surface area contributed by atoms with Crippen LogP contribution in [0.4, 0.5) is 5.69 Å². The predicted octanol–water partition coefficient (Wildman–Crippen LogP) is 3.15. The molecule has 0 N–H and O–H groups in total. The van der Waals surface area contributed by atoms with E-state index in [4.69, 9.17) is 0 Å². The Labute approximate surface area is 86.2 Å². The smallest absolute Gasteiger partial charge is 0.0594 e. The van der Waals surface area contributed by atoms with Crippen molar-refractivity contribution in [2.45, 2.75) is 20.8 Å². The zero-order valence-corrected chi connectivity index (χ0v) is 9.14. The molecule has 2 nitrogen and oxygen atoms in total. The van der Waals surface area contributed by atoms with E-state index < -0.39 is 0 Å². The molecule has 1 heterocycles. The van der Waals surface area contributed by atoms with Gasteiger partial charge in [0.2, 0.25) is 0 Å². The van der Waals surface area contributed by atoms with Crippen LogP contribution in [0.5, 0.6) is 0 Å². The maximum Gasteiger partial charge on any atom is 0.0594 e. The molecule has 1 aromatic rings. The molecule has 14 heavy (non-hydrogen) atoms. The fourth-order valence-corrected chi connectivity index (χ4v) is 1.33. The minimum Gasteiger partial charge on any atom is -0.265 e. The predicted molar refractivity (Wildman–Crippen MR) is 62.8 cm³/mol. The van der Waals surface area contributed by atoms with E-state index in [0.717, 1.165) is 6.54 Å². The van der Waals surface area contributed by atoms with Gasteiger partial charge in [0.1, 0.15) is 0 Å². The Morgan fingerprint density at radius 1 is 1.21 bits per heavy atom. The molecule has 0 amide bonds. The van der Waals surface area contributed by atoms with Crippen LogP contribution in [0.25, 0.3) is 0 Å². The van der Waals surface area contributed by atoms with E-state index in [2.05, 4.69) is 24.2 Å². The molecule has 1 unspecified atom stereocenters. The average molecular weight is 190 g/mol. The summed E-state index contributed by atoms with van der Waals surface area (Å²) in [7, 11) is 0. The van der Waals surface area contributed by atoms with Gasteiger partial charge in [0.15, 0.2) is 0 Å². The van der Waals surface area contributed by atoms with Crippen molar-refractivity contribution < 1.29 is 0 Å². The number of para-hydroxylation sites is 1. The van der Waals surface area contributed by atoms with Crippen LogP contribution in [0.2, 0.25) is 0 Å². The highest BCUT2D eigenvalue weighted by molar-refractivity contribution is 5.67. The Balaban J connectivity index is 0.000000461. The molecule has 1 atom stereocenters. The molecular formula is C12H18N2. The van der Waals surface area contributed by atoms with Crippen LogP contribution in [0.1, 0.15) is 20.8 Å². The average Bonchev–Trinajstić information content (AvgIpc) is 2.69. The number of anilines is 1. The number of hydrazone groups is 1. The summed E-state index contributed by atoms with van der Waals surface area (Å²) >= 11 is 0. The topological polar surface area (TPSA) is 15.6 Å². The highest BCUT2D eigenvalue weighted by atomic mass is 15.5. The van der Waals surface area contributed by atoms with Gasteiger partial charge >= 0.3 is 0 Å². The normalized spacial score (nSPS) is 19.1. The Morgan fingerprint density at radius 3 is 2.36 bits per heavy atom. The van der Waals surface area contributed by atoms with Crippen LogP contribution in [-0.2, 0) is 0 Å². The van der Waals surface area contributed by atoms with Crippen LogP contribution >= 0.6 is 0 Å². The minimum atomic E-state index is 0.574. The van der Waals surface area contributed by atoms with Crippen molar-refractivity contribution in [1.29, 1.82) is 0 Å². The number of benzene rings is 1. The van der Waals surface area contributed by atoms with Gasteiger partial charge in [0.25, 0.3) is 0 Å². The fourth-order valence-electron chi connectivity index (χ4n) is 1.33. The third kappa shape index (κ3) is 2.59. The van der Waals surface area contributed by atoms with Gasteiger partial charge in [0.05, 0.1) is 5.69 Å². The number of hydrogen-bond donors (Lipinski definition) is 0. The van der Waals surface area contributed by atoms with Gasteiger partial charge in [-0.15, -0.1) is 0 Å². The molecule has 76 valence electrons. The van der Waals surface area contributed by atoms with E-state index in [1.807, 2.05) is 43.3 Å². The number of hydrogen-bond acceptors (Lipinski definition) is 2. The zero-order valence-electron chi connectivity index (χ0n) is 9.14. The molecule has 0 saturated heterocycles. The first kappa shape index (κ1) is 10.8. The molecule has 2 rings (SSSR count). The standard InChI is InChI=1S/C10H12N2.C2H6/c1-9-7-11-12(8-9)10-5-3-2-4-6-10;1-2/h2-7,9H,8H2,1H3;1-2H3. The monoisotopic (exact) mass is 190 g/mol. The van der Waals surface area contributed by atoms with Crippen molar-refractivity contribution in [3.05, 3.63) is 30.3 Å². The summed E-state index contributed by atoms with van der Waals surface area (Å²) in [6, 6.07) is 10.2. The second-order valence-electron chi connectivity index (χ2n) is 3.16. The van der Waals surface area contributed by atoms with Crippen molar-refractivity contribution in [2.75, 3.05) is 11.6 Å². The molecule has 0 saturated carbocycles. The van der Waals surface area contributed by atoms with Gasteiger partial charge in [-0.05, 0) is 12.1 Å². The number of rotatable bonds is 1. The van der Waals surface area contributed by atoms with Gasteiger partial charge in [-0.25, -0.2) is 0 Å². The lowest BCUT2D eigenvalue weighted by molar-refractivity contribution is 0.781. The summed E-state index contributed by atoms with van der Waals surface area (Å²) in [6.07, 6.45) is 1.99. The molecule has 0 bridgehead atoms. The van der Waals surface area contributed by atoms with Crippen LogP contribution in [0, 0.1) is 5.92 Å². The largest absolute Gasteiger partial charge is 0.265 e. The maximum absolute atomic E-state index is 4.30. The minimum absolute atomic E-state index is 0.574. The Hall–Kier alpha value is -1.31. The van der Waals surface area contributed by atoms with Crippen molar-refractivity contribution in [2.24, 2.45) is 11.0 Å². The summed E-state index contributed by atoms with van der Waals surface area (Å²) < 4.78 is 0. The Bertz CT molecular complexity index is 280. The van der Waals surface area contributed by atoms with Gasteiger partial charge < -0.3 is 0 Å². The zero-order chi connectivity index (χ0) is 10.4. The lowest BCUT2D eigenvalue weighted by Crippen LogP contribution is -2.15. The van der Waals surface area contributed by atoms with E-state index in [-0.39, 0.29) is 0 Å². The first-order valence-electron chi connectivity index (χ1n) is 5.23. The van der Waals surface area contributed by atoms with Crippen molar-refractivity contribution >= 4 is 11.9 Å². The summed E-state index contributed by atoms with van der Waals surface area (Å²) in [5.41, 5.74) is 1.18. The molecule has 1 aliphatic heterocycles. The second kappa shape index (κ2) is 5.43. The summed E-state index contributed by atoms with van der Waals surface area (Å²) in [5, 5.41) is 6.33. The van der Waals surface area contributed by atoms with Crippen LogP contribution in [0.3, 0.4) is 0 Å². The molecule has 0 aliphatic carbocycles. The second-order valence-corrected chi connectivity index (χ2v) is 3.16. The molecule has 0 spiro atoms. The molecule has 1 aliphatic rings. The van der Waals surface area contributed by atoms with Gasteiger partial charge in [-0.1, -0.05) is 39.0 Å². The van der Waals surface area contributed by atoms with E-state index in [9.17, 15) is 0 Å². The molecule has 1 aromatic carbocycles. The quantitative estimate of drug-likeness (QED) is 0.664. The summed E-state index contributed by atoms with van der Waals surface area (Å²) in [5.74, 6) is 0.574. The van der Waals surface area contributed by atoms with Crippen LogP contribution < -0.4 is 5.01 Å². The lowest BCUT2D eigenvalue weighted by atomic mass is 10.2. The Morgan fingerprint density at radius 2 is 1.86 bits per heavy atom. The van der Waals surface area contributed by atoms with E-state index >= 15 is 0 Å². The fraction of sp³-hybridized carbons (Fsp3) is 0.417. The van der Waals surface area contributed by atoms with Crippen LogP contribution in [0.15, 0.2) is 35.4 Å². The lowest BCUT2D eigenvalue weighted by Gasteiger charge is -2.13. The first-order valence-corrected chi connectivity index (χ1v) is 5.23. The highest BCUT2D eigenvalue weighted by Gasteiger charge is 2.13. The van der Waals surface area contributed by atoms with Crippen molar-refractivity contribution in [1.82, 2.24) is 0 Å². The third-order valence-electron chi connectivity index (χ3n) is 1.98. The van der Waals surface area contributed by atoms with Gasteiger partial charge in [-0.2, -0.15) is 5.10 Å². The van der Waals surface area contributed by atoms with Crippen LogP contribution in [-0.4, -0.2) is 12.8 Å². The Kier molecular flexibility index (Phi) is 4.17. The van der Waals surface area contributed by atoms with E-state index in [1.165, 1.54) is 5.69 Å². The first-order chi connectivity index (χ1) is 6.86. The maximum atomic E-state index is 4.30. The van der Waals surface area contributed by atoms with E-state index in [1.54, 1.807) is 0 Å². The third-order valence-corrected chi connectivity index (χ3v) is 1.98. The molecule has 0 radical (unpaired) electrons. The molecular weight excluding hydrogens is 172 g/mol. The van der Waals surface area contributed by atoms with Gasteiger partial charge in [-0.3, -0.25) is 5.01 Å². The van der Waals surface area contributed by atoms with Crippen molar-refractivity contribution in [3.8, 4) is 0 Å². The molecule has 2 heteroatoms. The number of nitrogens with zero attached hydrogens (tertiary/aromatic N) is 2. The summed E-state index contributed by atoms with van der Waals surface area (Å²) in [6.45, 7) is 7.18. The highest BCUT2D eigenvalue weighted by Crippen LogP contribution is 2.18.